The van der Waals surface area contributed by atoms with E-state index in [9.17, 15) is 22.0 Å². The highest BCUT2D eigenvalue weighted by Gasteiger charge is 2.45. The van der Waals surface area contributed by atoms with Crippen molar-refractivity contribution in [3.8, 4) is 5.75 Å². The molecule has 0 unspecified atom stereocenters. The van der Waals surface area contributed by atoms with Crippen molar-refractivity contribution in [1.82, 2.24) is 0 Å². The zero-order chi connectivity index (χ0) is 29.1. The van der Waals surface area contributed by atoms with E-state index in [1.165, 1.54) is 0 Å². The third kappa shape index (κ3) is 6.97. The summed E-state index contributed by atoms with van der Waals surface area (Å²) in [6.45, 7) is 2.06. The highest BCUT2D eigenvalue weighted by atomic mass is 19.3. The fraction of sp³-hybridized carbons (Fsp3) is 0.588. The van der Waals surface area contributed by atoms with E-state index in [1.54, 1.807) is 6.07 Å². The molecule has 7 heteroatoms. The number of benzene rings is 2. The van der Waals surface area contributed by atoms with Gasteiger partial charge in [-0.1, -0.05) is 24.3 Å². The Labute approximate surface area is 239 Å². The van der Waals surface area contributed by atoms with E-state index in [-0.39, 0.29) is 24.6 Å². The summed E-state index contributed by atoms with van der Waals surface area (Å²) in [5.74, 6) is -4.70. The monoisotopic (exact) mass is 578 g/mol. The van der Waals surface area contributed by atoms with Crippen LogP contribution >= 0.6 is 0 Å². The maximum Gasteiger partial charge on any atom is 0.400 e. The van der Waals surface area contributed by atoms with Gasteiger partial charge in [0.1, 0.15) is 11.6 Å². The fourth-order valence-corrected chi connectivity index (χ4v) is 7.71. The van der Waals surface area contributed by atoms with Crippen molar-refractivity contribution >= 4 is 0 Å². The minimum atomic E-state index is -3.60. The van der Waals surface area contributed by atoms with E-state index in [4.69, 9.17) is 0 Å². The third-order valence-electron chi connectivity index (χ3n) is 10.1. The molecule has 224 valence electrons. The third-order valence-corrected chi connectivity index (χ3v) is 10.1. The molecule has 2 aromatic rings. The van der Waals surface area contributed by atoms with Crippen LogP contribution in [0.3, 0.4) is 0 Å². The lowest BCUT2D eigenvalue weighted by molar-refractivity contribution is -0.224. The van der Waals surface area contributed by atoms with Gasteiger partial charge in [-0.25, -0.2) is 17.6 Å². The lowest BCUT2D eigenvalue weighted by Gasteiger charge is -2.39. The van der Waals surface area contributed by atoms with Crippen molar-refractivity contribution in [3.05, 3.63) is 76.9 Å². The fourth-order valence-electron chi connectivity index (χ4n) is 7.71. The molecule has 0 bridgehead atoms. The first kappa shape index (κ1) is 30.0. The van der Waals surface area contributed by atoms with Crippen molar-refractivity contribution in [2.45, 2.75) is 102 Å². The molecule has 3 aliphatic carbocycles. The van der Waals surface area contributed by atoms with Crippen LogP contribution in [0.5, 0.6) is 5.75 Å². The summed E-state index contributed by atoms with van der Waals surface area (Å²) >= 11 is 0. The predicted molar refractivity (Wildman–Crippen MR) is 148 cm³/mol. The van der Waals surface area contributed by atoms with Gasteiger partial charge in [-0.05, 0) is 131 Å². The van der Waals surface area contributed by atoms with Crippen LogP contribution < -0.4 is 4.74 Å². The molecule has 0 atom stereocenters. The minimum Gasteiger partial charge on any atom is -0.432 e. The van der Waals surface area contributed by atoms with E-state index < -0.39 is 35.2 Å². The van der Waals surface area contributed by atoms with Crippen LogP contribution in [0.1, 0.15) is 107 Å². The second-order valence-corrected chi connectivity index (χ2v) is 12.5. The quantitative estimate of drug-likeness (QED) is 0.180. The molecule has 41 heavy (non-hydrogen) atoms. The second-order valence-electron chi connectivity index (χ2n) is 12.5. The normalized spacial score (nSPS) is 29.5. The molecule has 3 saturated carbocycles. The van der Waals surface area contributed by atoms with Crippen molar-refractivity contribution < 1.29 is 31.1 Å². The first-order valence-corrected chi connectivity index (χ1v) is 15.3. The smallest absolute Gasteiger partial charge is 0.400 e. The molecule has 0 aromatic heterocycles. The summed E-state index contributed by atoms with van der Waals surface area (Å²) in [7, 11) is 0. The Kier molecular flexibility index (Phi) is 9.40. The number of hydrogen-bond donors (Lipinski definition) is 0. The Morgan fingerprint density at radius 3 is 1.80 bits per heavy atom. The van der Waals surface area contributed by atoms with Crippen LogP contribution in [0.25, 0.3) is 0 Å². The molecular weight excluding hydrogens is 538 g/mol. The highest BCUT2D eigenvalue weighted by Crippen LogP contribution is 2.47. The SMILES string of the molecule is CC=CC1CCC(c2ccc(C3CCC(C4CCC(C(F)(F)Oc5cc(F)c(F)c(F)c5)CC4)CC3)c(F)c2)CC1. The Morgan fingerprint density at radius 1 is 0.683 bits per heavy atom. The zero-order valence-electron chi connectivity index (χ0n) is 23.7. The standard InChI is InChI=1S/C34H40F6O/c1-2-3-21-4-6-24(7-5-21)26-14-17-29(30(35)18-26)25-10-8-22(9-11-25)23-12-15-27(16-13-23)34(39,40)41-28-19-31(36)33(38)32(37)20-28/h2-3,14,17-25,27H,4-13,15-16H2,1H3. The maximum atomic E-state index is 15.3. The first-order chi connectivity index (χ1) is 19.6. The summed E-state index contributed by atoms with van der Waals surface area (Å²) in [6.07, 6.45) is 10.8. The predicted octanol–water partition coefficient (Wildman–Crippen LogP) is 10.8. The largest absolute Gasteiger partial charge is 0.432 e. The van der Waals surface area contributed by atoms with Crippen LogP contribution in [0.2, 0.25) is 0 Å². The molecule has 3 fully saturated rings. The van der Waals surface area contributed by atoms with Gasteiger partial charge in [-0.15, -0.1) is 0 Å². The number of halogens is 6. The lowest BCUT2D eigenvalue weighted by atomic mass is 9.68. The summed E-state index contributed by atoms with van der Waals surface area (Å²) in [6, 6.07) is 6.79. The van der Waals surface area contributed by atoms with Crippen molar-refractivity contribution in [2.75, 3.05) is 0 Å². The Balaban J connectivity index is 1.10. The van der Waals surface area contributed by atoms with Gasteiger partial charge in [0.05, 0.1) is 5.92 Å². The molecular formula is C34H40F6O. The topological polar surface area (TPSA) is 9.23 Å². The van der Waals surface area contributed by atoms with Crippen LogP contribution in [-0.4, -0.2) is 6.11 Å². The van der Waals surface area contributed by atoms with Gasteiger partial charge in [0, 0.05) is 12.1 Å². The van der Waals surface area contributed by atoms with E-state index in [1.807, 2.05) is 6.07 Å². The molecule has 1 nitrogen and oxygen atoms in total. The van der Waals surface area contributed by atoms with E-state index in [0.717, 1.165) is 62.5 Å². The zero-order valence-corrected chi connectivity index (χ0v) is 23.7. The average molecular weight is 579 g/mol. The van der Waals surface area contributed by atoms with Crippen molar-refractivity contribution in [3.63, 3.8) is 0 Å². The van der Waals surface area contributed by atoms with E-state index in [0.29, 0.717) is 48.6 Å². The molecule has 0 heterocycles. The number of ether oxygens (including phenoxy) is 1. The molecule has 0 amide bonds. The number of allylic oxidation sites excluding steroid dienone is 2. The highest BCUT2D eigenvalue weighted by molar-refractivity contribution is 5.30. The van der Waals surface area contributed by atoms with Gasteiger partial charge >= 0.3 is 6.11 Å². The molecule has 0 aliphatic heterocycles. The lowest BCUT2D eigenvalue weighted by Crippen LogP contribution is -2.38. The van der Waals surface area contributed by atoms with Crippen LogP contribution in [0.15, 0.2) is 42.5 Å². The molecule has 0 N–H and O–H groups in total. The molecule has 0 saturated heterocycles. The second kappa shape index (κ2) is 12.8. The summed E-state index contributed by atoms with van der Waals surface area (Å²) in [5, 5.41) is 0. The molecule has 0 spiro atoms. The Hall–Kier alpha value is -2.44. The van der Waals surface area contributed by atoms with Gasteiger partial charge in [0.2, 0.25) is 0 Å². The van der Waals surface area contributed by atoms with Gasteiger partial charge in [-0.2, -0.15) is 8.78 Å². The van der Waals surface area contributed by atoms with Crippen LogP contribution in [0.4, 0.5) is 26.3 Å². The number of rotatable bonds is 7. The van der Waals surface area contributed by atoms with Gasteiger partial charge in [0.15, 0.2) is 17.5 Å². The summed E-state index contributed by atoms with van der Waals surface area (Å²) in [5.41, 5.74) is 1.93. The molecule has 5 rings (SSSR count). The number of alkyl halides is 2. The van der Waals surface area contributed by atoms with E-state index in [2.05, 4.69) is 29.9 Å². The molecule has 0 radical (unpaired) electrons. The van der Waals surface area contributed by atoms with Crippen molar-refractivity contribution in [2.24, 2.45) is 23.7 Å². The minimum absolute atomic E-state index is 0.0924. The summed E-state index contributed by atoms with van der Waals surface area (Å²) < 4.78 is 89.6. The summed E-state index contributed by atoms with van der Waals surface area (Å²) in [4.78, 5) is 0. The Bertz CT molecular complexity index is 1180. The van der Waals surface area contributed by atoms with Crippen LogP contribution in [-0.2, 0) is 0 Å². The van der Waals surface area contributed by atoms with Gasteiger partial charge in [0.25, 0.3) is 0 Å². The Morgan fingerprint density at radius 2 is 1.24 bits per heavy atom. The maximum absolute atomic E-state index is 15.3. The first-order valence-electron chi connectivity index (χ1n) is 15.3. The number of hydrogen-bond acceptors (Lipinski definition) is 1. The molecule has 2 aromatic carbocycles. The van der Waals surface area contributed by atoms with Crippen molar-refractivity contribution in [1.29, 1.82) is 0 Å². The van der Waals surface area contributed by atoms with Crippen LogP contribution in [0, 0.1) is 46.9 Å². The average Bonchev–Trinajstić information content (AvgIpc) is 2.96. The van der Waals surface area contributed by atoms with E-state index >= 15 is 4.39 Å². The molecule has 3 aliphatic rings. The van der Waals surface area contributed by atoms with Gasteiger partial charge in [-0.3, -0.25) is 0 Å². The van der Waals surface area contributed by atoms with Gasteiger partial charge < -0.3 is 4.74 Å².